The molecule has 2 aliphatic heterocycles. The van der Waals surface area contributed by atoms with Gasteiger partial charge in [-0.05, 0) is 54.4 Å². The van der Waals surface area contributed by atoms with Crippen molar-refractivity contribution in [2.45, 2.75) is 32.0 Å². The zero-order valence-corrected chi connectivity index (χ0v) is 16.8. The number of nitrogens with zero attached hydrogens (tertiary/aromatic N) is 2. The van der Waals surface area contributed by atoms with Crippen LogP contribution in [0.5, 0.6) is 5.75 Å². The number of furan rings is 1. The normalized spacial score (nSPS) is 21.9. The molecule has 7 nitrogen and oxygen atoms in total. The predicted octanol–water partition coefficient (Wildman–Crippen LogP) is 3.62. The SMILES string of the molecule is CC1Cc2cc(/C(O)=C3/C(=O)C(=O)N(Cc4cccnc4)C3c3ccco3)ccc2O1. The van der Waals surface area contributed by atoms with E-state index in [9.17, 15) is 14.7 Å². The molecule has 2 aliphatic rings. The van der Waals surface area contributed by atoms with E-state index in [4.69, 9.17) is 9.15 Å². The molecule has 1 amide bonds. The second kappa shape index (κ2) is 7.43. The maximum absolute atomic E-state index is 13.0. The number of aliphatic hydroxyl groups is 1. The number of fused-ring (bicyclic) bond motifs is 1. The Morgan fingerprint density at radius 3 is 2.84 bits per heavy atom. The van der Waals surface area contributed by atoms with E-state index in [-0.39, 0.29) is 24.0 Å². The fraction of sp³-hybridized carbons (Fsp3) is 0.208. The maximum Gasteiger partial charge on any atom is 0.296 e. The van der Waals surface area contributed by atoms with Gasteiger partial charge in [0.1, 0.15) is 29.4 Å². The number of hydrogen-bond donors (Lipinski definition) is 1. The minimum absolute atomic E-state index is 0.00996. The Morgan fingerprint density at radius 2 is 2.10 bits per heavy atom. The molecule has 31 heavy (non-hydrogen) atoms. The van der Waals surface area contributed by atoms with Crippen molar-refractivity contribution in [2.75, 3.05) is 0 Å². The van der Waals surface area contributed by atoms with E-state index in [0.29, 0.717) is 17.7 Å². The van der Waals surface area contributed by atoms with Gasteiger partial charge in [0.05, 0.1) is 11.8 Å². The molecule has 1 saturated heterocycles. The van der Waals surface area contributed by atoms with Crippen molar-refractivity contribution in [3.63, 3.8) is 0 Å². The van der Waals surface area contributed by atoms with Crippen molar-refractivity contribution in [2.24, 2.45) is 0 Å². The highest BCUT2D eigenvalue weighted by atomic mass is 16.5. The van der Waals surface area contributed by atoms with Gasteiger partial charge in [-0.3, -0.25) is 14.6 Å². The summed E-state index contributed by atoms with van der Waals surface area (Å²) in [6, 6.07) is 11.4. The average Bonchev–Trinajstić information content (AvgIpc) is 3.48. The molecular weight excluding hydrogens is 396 g/mol. The van der Waals surface area contributed by atoms with E-state index in [1.165, 1.54) is 11.2 Å². The van der Waals surface area contributed by atoms with Crippen molar-refractivity contribution in [1.29, 1.82) is 0 Å². The lowest BCUT2D eigenvalue weighted by Gasteiger charge is -2.23. The quantitative estimate of drug-likeness (QED) is 0.397. The number of aromatic nitrogens is 1. The molecule has 0 aliphatic carbocycles. The Labute approximate surface area is 178 Å². The first kappa shape index (κ1) is 19.1. The average molecular weight is 416 g/mol. The summed E-state index contributed by atoms with van der Waals surface area (Å²) >= 11 is 0. The van der Waals surface area contributed by atoms with Gasteiger partial charge in [0, 0.05) is 30.9 Å². The first-order valence-corrected chi connectivity index (χ1v) is 10.0. The minimum atomic E-state index is -0.835. The molecule has 3 aromatic rings. The maximum atomic E-state index is 13.0. The minimum Gasteiger partial charge on any atom is -0.507 e. The van der Waals surface area contributed by atoms with Gasteiger partial charge in [-0.1, -0.05) is 6.07 Å². The highest BCUT2D eigenvalue weighted by molar-refractivity contribution is 6.46. The monoisotopic (exact) mass is 416 g/mol. The van der Waals surface area contributed by atoms with Gasteiger partial charge < -0.3 is 19.2 Å². The fourth-order valence-electron chi connectivity index (χ4n) is 4.20. The number of rotatable bonds is 4. The lowest BCUT2D eigenvalue weighted by atomic mass is 9.97. The van der Waals surface area contributed by atoms with Crippen molar-refractivity contribution >= 4 is 17.4 Å². The molecule has 0 bridgehead atoms. The summed E-state index contributed by atoms with van der Waals surface area (Å²) < 4.78 is 11.3. The van der Waals surface area contributed by atoms with Crippen LogP contribution in [0.4, 0.5) is 0 Å². The first-order chi connectivity index (χ1) is 15.0. The molecule has 1 fully saturated rings. The fourth-order valence-corrected chi connectivity index (χ4v) is 4.20. The van der Waals surface area contributed by atoms with Crippen molar-refractivity contribution in [3.8, 4) is 5.75 Å². The summed E-state index contributed by atoms with van der Waals surface area (Å²) in [6.07, 6.45) is 5.53. The van der Waals surface area contributed by atoms with E-state index in [1.54, 1.807) is 42.7 Å². The molecule has 0 saturated carbocycles. The highest BCUT2D eigenvalue weighted by Gasteiger charge is 2.47. The number of ketones is 1. The van der Waals surface area contributed by atoms with Crippen LogP contribution in [0.2, 0.25) is 0 Å². The van der Waals surface area contributed by atoms with Gasteiger partial charge in [0.15, 0.2) is 0 Å². The zero-order valence-electron chi connectivity index (χ0n) is 16.8. The summed E-state index contributed by atoms with van der Waals surface area (Å²) in [7, 11) is 0. The molecule has 0 radical (unpaired) electrons. The van der Waals surface area contributed by atoms with Gasteiger partial charge in [-0.2, -0.15) is 0 Å². The molecule has 4 heterocycles. The Kier molecular flexibility index (Phi) is 4.58. The zero-order chi connectivity index (χ0) is 21.5. The molecule has 5 rings (SSSR count). The van der Waals surface area contributed by atoms with Gasteiger partial charge in [0.25, 0.3) is 11.7 Å². The Balaban J connectivity index is 1.60. The number of carbonyl (C=O) groups excluding carboxylic acids is 2. The van der Waals surface area contributed by atoms with E-state index in [0.717, 1.165) is 16.9 Å². The van der Waals surface area contributed by atoms with Gasteiger partial charge >= 0.3 is 0 Å². The van der Waals surface area contributed by atoms with Crippen LogP contribution in [0.25, 0.3) is 5.76 Å². The third kappa shape index (κ3) is 3.28. The van der Waals surface area contributed by atoms with Gasteiger partial charge in [-0.15, -0.1) is 0 Å². The number of Topliss-reactive ketones (excluding diaryl/α,β-unsaturated/α-hetero) is 1. The third-order valence-electron chi connectivity index (χ3n) is 5.60. The van der Waals surface area contributed by atoms with Crippen LogP contribution in [-0.4, -0.2) is 32.8 Å². The van der Waals surface area contributed by atoms with Crippen molar-refractivity contribution in [1.82, 2.24) is 9.88 Å². The Hall–Kier alpha value is -3.87. The second-order valence-corrected chi connectivity index (χ2v) is 7.76. The van der Waals surface area contributed by atoms with Gasteiger partial charge in [0.2, 0.25) is 0 Å². The van der Waals surface area contributed by atoms with Gasteiger partial charge in [-0.25, -0.2) is 0 Å². The van der Waals surface area contributed by atoms with Crippen LogP contribution in [0.1, 0.15) is 35.4 Å². The van der Waals surface area contributed by atoms with E-state index in [2.05, 4.69) is 4.98 Å². The summed E-state index contributed by atoms with van der Waals surface area (Å²) in [4.78, 5) is 31.4. The lowest BCUT2D eigenvalue weighted by Crippen LogP contribution is -2.29. The number of pyridine rings is 1. The molecule has 1 N–H and O–H groups in total. The van der Waals surface area contributed by atoms with E-state index < -0.39 is 17.7 Å². The molecule has 156 valence electrons. The summed E-state index contributed by atoms with van der Waals surface area (Å²) in [5, 5.41) is 11.1. The molecule has 0 spiro atoms. The summed E-state index contributed by atoms with van der Waals surface area (Å²) in [6.45, 7) is 2.14. The number of amides is 1. The number of carbonyl (C=O) groups is 2. The Bertz CT molecular complexity index is 1180. The predicted molar refractivity (Wildman–Crippen MR) is 111 cm³/mol. The van der Waals surface area contributed by atoms with Crippen LogP contribution in [0, 0.1) is 0 Å². The number of aliphatic hydroxyl groups excluding tert-OH is 1. The second-order valence-electron chi connectivity index (χ2n) is 7.76. The molecule has 1 aromatic carbocycles. The topological polar surface area (TPSA) is 92.9 Å². The highest BCUT2D eigenvalue weighted by Crippen LogP contribution is 2.41. The number of likely N-dealkylation sites (tertiary alicyclic amines) is 1. The number of ether oxygens (including phenoxy) is 1. The van der Waals surface area contributed by atoms with Crippen LogP contribution in [-0.2, 0) is 22.6 Å². The summed E-state index contributed by atoms with van der Waals surface area (Å²) in [5.74, 6) is -0.486. The van der Waals surface area contributed by atoms with E-state index >= 15 is 0 Å². The Morgan fingerprint density at radius 1 is 1.23 bits per heavy atom. The van der Waals surface area contributed by atoms with Crippen LogP contribution in [0.3, 0.4) is 0 Å². The summed E-state index contributed by atoms with van der Waals surface area (Å²) in [5.41, 5.74) is 2.20. The van der Waals surface area contributed by atoms with Crippen LogP contribution < -0.4 is 4.74 Å². The molecule has 2 aromatic heterocycles. The molecule has 2 atom stereocenters. The van der Waals surface area contributed by atoms with E-state index in [1.807, 2.05) is 19.1 Å². The van der Waals surface area contributed by atoms with Crippen LogP contribution >= 0.6 is 0 Å². The molecular formula is C24H20N2O5. The number of hydrogen-bond acceptors (Lipinski definition) is 6. The first-order valence-electron chi connectivity index (χ1n) is 10.0. The standard InChI is InChI=1S/C24H20N2O5/c1-14-10-17-11-16(6-7-18(17)31-14)22(27)20-21(19-5-3-9-30-19)26(24(29)23(20)28)13-15-4-2-8-25-12-15/h2-9,11-12,14,21,27H,10,13H2,1H3/b22-20-. The smallest absolute Gasteiger partial charge is 0.296 e. The molecule has 2 unspecified atom stereocenters. The van der Waals surface area contributed by atoms with Crippen LogP contribution in [0.15, 0.2) is 71.1 Å². The largest absolute Gasteiger partial charge is 0.507 e. The third-order valence-corrected chi connectivity index (χ3v) is 5.60. The van der Waals surface area contributed by atoms with Crippen molar-refractivity contribution in [3.05, 3.63) is 89.1 Å². The lowest BCUT2D eigenvalue weighted by molar-refractivity contribution is -0.140. The van der Waals surface area contributed by atoms with Crippen molar-refractivity contribution < 1.29 is 23.8 Å². The molecule has 7 heteroatoms. The number of benzene rings is 1.